The number of halogens is 1. The van der Waals surface area contributed by atoms with E-state index in [9.17, 15) is 14.5 Å². The van der Waals surface area contributed by atoms with Gasteiger partial charge in [-0.15, -0.1) is 0 Å². The predicted molar refractivity (Wildman–Crippen MR) is 60.5 cm³/mol. The molecule has 0 radical (unpaired) electrons. The van der Waals surface area contributed by atoms with Gasteiger partial charge in [-0.2, -0.15) is 4.39 Å². The van der Waals surface area contributed by atoms with Crippen molar-refractivity contribution < 1.29 is 14.1 Å². The van der Waals surface area contributed by atoms with Crippen molar-refractivity contribution in [1.29, 1.82) is 0 Å². The van der Waals surface area contributed by atoms with Crippen LogP contribution in [0.1, 0.15) is 12.8 Å². The van der Waals surface area contributed by atoms with Gasteiger partial charge in [-0.3, -0.25) is 10.1 Å². The van der Waals surface area contributed by atoms with Crippen molar-refractivity contribution in [1.82, 2.24) is 0 Å². The molecule has 1 aliphatic heterocycles. The highest BCUT2D eigenvalue weighted by molar-refractivity contribution is 5.62. The second kappa shape index (κ2) is 5.09. The van der Waals surface area contributed by atoms with E-state index in [4.69, 9.17) is 4.74 Å². The van der Waals surface area contributed by atoms with Crippen LogP contribution in [0.5, 0.6) is 0 Å². The molecule has 0 amide bonds. The van der Waals surface area contributed by atoms with Gasteiger partial charge in [0.25, 0.3) is 0 Å². The number of nitrogens with zero attached hydrogens (tertiary/aromatic N) is 1. The van der Waals surface area contributed by atoms with Gasteiger partial charge in [0, 0.05) is 19.3 Å². The zero-order chi connectivity index (χ0) is 12.3. The molecule has 0 bridgehead atoms. The average molecular weight is 240 g/mol. The third-order valence-corrected chi connectivity index (χ3v) is 2.75. The zero-order valence-electron chi connectivity index (χ0n) is 9.19. The van der Waals surface area contributed by atoms with E-state index in [1.165, 1.54) is 12.1 Å². The van der Waals surface area contributed by atoms with Crippen molar-refractivity contribution in [2.45, 2.75) is 18.9 Å². The molecule has 6 heteroatoms. The van der Waals surface area contributed by atoms with Crippen molar-refractivity contribution >= 4 is 11.4 Å². The van der Waals surface area contributed by atoms with E-state index >= 15 is 0 Å². The molecule has 92 valence electrons. The largest absolute Gasteiger partial charge is 0.381 e. The van der Waals surface area contributed by atoms with Crippen LogP contribution in [-0.4, -0.2) is 24.2 Å². The summed E-state index contributed by atoms with van der Waals surface area (Å²) in [7, 11) is 0. The Morgan fingerprint density at radius 2 is 2.12 bits per heavy atom. The highest BCUT2D eigenvalue weighted by atomic mass is 19.1. The monoisotopic (exact) mass is 240 g/mol. The Morgan fingerprint density at radius 1 is 1.41 bits per heavy atom. The van der Waals surface area contributed by atoms with Crippen molar-refractivity contribution in [2.24, 2.45) is 0 Å². The van der Waals surface area contributed by atoms with E-state index in [-0.39, 0.29) is 11.7 Å². The standard InChI is InChI=1S/C11H13FN2O3/c12-9-2-1-3-10(11(9)14(15)16)13-8-4-6-17-7-5-8/h1-3,8,13H,4-7H2. The lowest BCUT2D eigenvalue weighted by Gasteiger charge is -2.23. The number of ether oxygens (including phenoxy) is 1. The van der Waals surface area contributed by atoms with Gasteiger partial charge in [-0.05, 0) is 25.0 Å². The third kappa shape index (κ3) is 2.71. The van der Waals surface area contributed by atoms with Crippen LogP contribution in [0, 0.1) is 15.9 Å². The molecule has 17 heavy (non-hydrogen) atoms. The molecule has 1 aliphatic rings. The Kier molecular flexibility index (Phi) is 3.53. The summed E-state index contributed by atoms with van der Waals surface area (Å²) < 4.78 is 18.5. The van der Waals surface area contributed by atoms with Crippen LogP contribution in [0.3, 0.4) is 0 Å². The maximum absolute atomic E-state index is 13.3. The zero-order valence-corrected chi connectivity index (χ0v) is 9.19. The number of anilines is 1. The molecular weight excluding hydrogens is 227 g/mol. The summed E-state index contributed by atoms with van der Waals surface area (Å²) >= 11 is 0. The smallest absolute Gasteiger partial charge is 0.327 e. The summed E-state index contributed by atoms with van der Waals surface area (Å²) in [6.45, 7) is 1.25. The number of para-hydroxylation sites is 1. The summed E-state index contributed by atoms with van der Waals surface area (Å²) in [4.78, 5) is 10.1. The molecule has 1 heterocycles. The molecule has 0 atom stereocenters. The molecule has 1 fully saturated rings. The van der Waals surface area contributed by atoms with Gasteiger partial charge in [0.05, 0.1) is 4.92 Å². The number of rotatable bonds is 3. The highest BCUT2D eigenvalue weighted by Crippen LogP contribution is 2.28. The molecule has 1 N–H and O–H groups in total. The second-order valence-electron chi connectivity index (χ2n) is 3.92. The van der Waals surface area contributed by atoms with Gasteiger partial charge in [-0.25, -0.2) is 0 Å². The van der Waals surface area contributed by atoms with Crippen molar-refractivity contribution in [3.63, 3.8) is 0 Å². The first-order chi connectivity index (χ1) is 8.18. The molecule has 0 unspecified atom stereocenters. The Labute approximate surface area is 97.7 Å². The summed E-state index contributed by atoms with van der Waals surface area (Å²) in [6.07, 6.45) is 1.54. The second-order valence-corrected chi connectivity index (χ2v) is 3.92. The van der Waals surface area contributed by atoms with Crippen LogP contribution < -0.4 is 5.32 Å². The average Bonchev–Trinajstić information content (AvgIpc) is 2.30. The Hall–Kier alpha value is -1.69. The Morgan fingerprint density at radius 3 is 2.76 bits per heavy atom. The fraction of sp³-hybridized carbons (Fsp3) is 0.455. The van der Waals surface area contributed by atoms with Crippen molar-refractivity contribution in [2.75, 3.05) is 18.5 Å². The van der Waals surface area contributed by atoms with E-state index in [0.717, 1.165) is 18.9 Å². The van der Waals surface area contributed by atoms with Gasteiger partial charge >= 0.3 is 5.69 Å². The number of benzene rings is 1. The van der Waals surface area contributed by atoms with E-state index in [0.29, 0.717) is 13.2 Å². The van der Waals surface area contributed by atoms with Gasteiger partial charge in [0.2, 0.25) is 5.82 Å². The lowest BCUT2D eigenvalue weighted by molar-refractivity contribution is -0.386. The summed E-state index contributed by atoms with van der Waals surface area (Å²) in [5, 5.41) is 13.8. The molecular formula is C11H13FN2O3. The summed E-state index contributed by atoms with van der Waals surface area (Å²) in [5.74, 6) is -0.813. The lowest BCUT2D eigenvalue weighted by Crippen LogP contribution is -2.28. The molecule has 0 saturated carbocycles. The molecule has 1 saturated heterocycles. The molecule has 2 rings (SSSR count). The fourth-order valence-electron chi connectivity index (χ4n) is 1.88. The van der Waals surface area contributed by atoms with Crippen LogP contribution in [0.2, 0.25) is 0 Å². The Balaban J connectivity index is 2.19. The molecule has 0 aromatic heterocycles. The molecule has 5 nitrogen and oxygen atoms in total. The number of hydrogen-bond donors (Lipinski definition) is 1. The number of nitrogens with one attached hydrogen (secondary N) is 1. The number of nitro groups is 1. The third-order valence-electron chi connectivity index (χ3n) is 2.75. The SMILES string of the molecule is O=[N+]([O-])c1c(F)cccc1NC1CCOCC1. The van der Waals surface area contributed by atoms with E-state index < -0.39 is 16.4 Å². The Bertz CT molecular complexity index is 419. The van der Waals surface area contributed by atoms with Gasteiger partial charge in [0.15, 0.2) is 0 Å². The maximum Gasteiger partial charge on any atom is 0.327 e. The highest BCUT2D eigenvalue weighted by Gasteiger charge is 2.22. The molecule has 1 aromatic rings. The first kappa shape index (κ1) is 11.8. The summed E-state index contributed by atoms with van der Waals surface area (Å²) in [5.41, 5.74) is -0.249. The molecule has 1 aromatic carbocycles. The lowest BCUT2D eigenvalue weighted by atomic mass is 10.1. The minimum Gasteiger partial charge on any atom is -0.381 e. The maximum atomic E-state index is 13.3. The normalized spacial score (nSPS) is 16.8. The number of nitro benzene ring substituents is 1. The van der Waals surface area contributed by atoms with E-state index in [1.54, 1.807) is 0 Å². The van der Waals surface area contributed by atoms with Crippen LogP contribution >= 0.6 is 0 Å². The predicted octanol–water partition coefficient (Wildman–Crippen LogP) is 2.32. The van der Waals surface area contributed by atoms with Gasteiger partial charge in [0.1, 0.15) is 5.69 Å². The van der Waals surface area contributed by atoms with Crippen LogP contribution in [0.15, 0.2) is 18.2 Å². The fourth-order valence-corrected chi connectivity index (χ4v) is 1.88. The van der Waals surface area contributed by atoms with Crippen LogP contribution in [0.25, 0.3) is 0 Å². The van der Waals surface area contributed by atoms with Crippen molar-refractivity contribution in [3.05, 3.63) is 34.1 Å². The molecule has 0 spiro atoms. The first-order valence-corrected chi connectivity index (χ1v) is 5.45. The topological polar surface area (TPSA) is 64.4 Å². The van der Waals surface area contributed by atoms with Crippen LogP contribution in [-0.2, 0) is 4.74 Å². The van der Waals surface area contributed by atoms with Crippen molar-refractivity contribution in [3.8, 4) is 0 Å². The van der Waals surface area contributed by atoms with E-state index in [1.807, 2.05) is 0 Å². The summed E-state index contributed by atoms with van der Waals surface area (Å²) in [6, 6.07) is 4.18. The van der Waals surface area contributed by atoms with Crippen LogP contribution in [0.4, 0.5) is 15.8 Å². The molecule has 0 aliphatic carbocycles. The van der Waals surface area contributed by atoms with Gasteiger partial charge < -0.3 is 10.1 Å². The minimum atomic E-state index is -0.813. The van der Waals surface area contributed by atoms with E-state index in [2.05, 4.69) is 5.32 Å². The van der Waals surface area contributed by atoms with Gasteiger partial charge in [-0.1, -0.05) is 6.07 Å². The first-order valence-electron chi connectivity index (χ1n) is 5.45. The number of hydrogen-bond acceptors (Lipinski definition) is 4. The minimum absolute atomic E-state index is 0.101. The quantitative estimate of drug-likeness (QED) is 0.650.